The Balaban J connectivity index is 1.76. The first kappa shape index (κ1) is 15.9. The zero-order valence-corrected chi connectivity index (χ0v) is 13.1. The number of nitrogens with zero attached hydrogens (tertiary/aromatic N) is 1. The van der Waals surface area contributed by atoms with Crippen LogP contribution >= 0.6 is 0 Å². The van der Waals surface area contributed by atoms with Crippen LogP contribution < -0.4 is 5.43 Å². The summed E-state index contributed by atoms with van der Waals surface area (Å²) in [5, 5.41) is 4.16. The lowest BCUT2D eigenvalue weighted by atomic mass is 10.0. The van der Waals surface area contributed by atoms with E-state index in [2.05, 4.69) is 22.7 Å². The largest absolute Gasteiger partial charge is 0.275 e. The minimum atomic E-state index is -0.675. The smallest absolute Gasteiger partial charge is 0.151 e. The number of hydrazone groups is 1. The van der Waals surface area contributed by atoms with Crippen molar-refractivity contribution in [3.05, 3.63) is 90.0 Å². The van der Waals surface area contributed by atoms with Gasteiger partial charge in [0.2, 0.25) is 0 Å². The molecule has 1 N–H and O–H groups in total. The Kier molecular flexibility index (Phi) is 4.66. The molecule has 120 valence electrons. The maximum Gasteiger partial charge on any atom is 0.151 e. The first-order valence-electron chi connectivity index (χ1n) is 7.55. The highest BCUT2D eigenvalue weighted by Gasteiger charge is 2.04. The molecule has 0 amide bonds. The van der Waals surface area contributed by atoms with Gasteiger partial charge in [0.05, 0.1) is 11.4 Å². The zero-order chi connectivity index (χ0) is 16.9. The van der Waals surface area contributed by atoms with E-state index in [-0.39, 0.29) is 5.69 Å². The van der Waals surface area contributed by atoms with E-state index < -0.39 is 11.6 Å². The van der Waals surface area contributed by atoms with Gasteiger partial charge in [-0.25, -0.2) is 8.78 Å². The molecule has 0 aromatic heterocycles. The summed E-state index contributed by atoms with van der Waals surface area (Å²) in [5.74, 6) is -1.29. The van der Waals surface area contributed by atoms with Crippen molar-refractivity contribution in [2.24, 2.45) is 5.10 Å². The average Bonchev–Trinajstić information content (AvgIpc) is 2.62. The molecule has 0 aliphatic heterocycles. The average molecular weight is 322 g/mol. The highest BCUT2D eigenvalue weighted by Crippen LogP contribution is 2.20. The summed E-state index contributed by atoms with van der Waals surface area (Å²) in [6.45, 7) is 1.83. The van der Waals surface area contributed by atoms with Crippen LogP contribution in [0.3, 0.4) is 0 Å². The van der Waals surface area contributed by atoms with Crippen LogP contribution in [0.4, 0.5) is 14.5 Å². The second-order valence-electron chi connectivity index (χ2n) is 5.38. The van der Waals surface area contributed by atoms with Gasteiger partial charge in [-0.15, -0.1) is 0 Å². The fourth-order valence-corrected chi connectivity index (χ4v) is 2.32. The van der Waals surface area contributed by atoms with Gasteiger partial charge in [0.25, 0.3) is 0 Å². The van der Waals surface area contributed by atoms with Crippen LogP contribution in [-0.2, 0) is 0 Å². The van der Waals surface area contributed by atoms with E-state index in [0.29, 0.717) is 5.71 Å². The number of hydrogen-bond acceptors (Lipinski definition) is 2. The van der Waals surface area contributed by atoms with Gasteiger partial charge in [-0.3, -0.25) is 5.43 Å². The lowest BCUT2D eigenvalue weighted by molar-refractivity contribution is 0.585. The Hall–Kier alpha value is -3.01. The van der Waals surface area contributed by atoms with Crippen molar-refractivity contribution in [1.29, 1.82) is 0 Å². The van der Waals surface area contributed by atoms with Crippen LogP contribution in [0.15, 0.2) is 77.9 Å². The second-order valence-corrected chi connectivity index (χ2v) is 5.38. The van der Waals surface area contributed by atoms with Gasteiger partial charge in [-0.1, -0.05) is 54.6 Å². The molecule has 0 radical (unpaired) electrons. The quantitative estimate of drug-likeness (QED) is 0.500. The normalized spacial score (nSPS) is 11.4. The van der Waals surface area contributed by atoms with E-state index in [0.717, 1.165) is 22.8 Å². The number of rotatable bonds is 4. The topological polar surface area (TPSA) is 24.4 Å². The summed E-state index contributed by atoms with van der Waals surface area (Å²) in [4.78, 5) is 0. The molecule has 0 saturated carbocycles. The molecule has 0 unspecified atom stereocenters. The highest BCUT2D eigenvalue weighted by molar-refractivity contribution is 5.99. The maximum atomic E-state index is 13.6. The molecule has 3 aromatic rings. The molecular weight excluding hydrogens is 306 g/mol. The third-order valence-corrected chi connectivity index (χ3v) is 3.68. The summed E-state index contributed by atoms with van der Waals surface area (Å²) in [7, 11) is 0. The molecule has 2 nitrogen and oxygen atoms in total. The lowest BCUT2D eigenvalue weighted by Gasteiger charge is -2.06. The Morgan fingerprint density at radius 2 is 1.50 bits per heavy atom. The van der Waals surface area contributed by atoms with Crippen molar-refractivity contribution in [1.82, 2.24) is 0 Å². The van der Waals surface area contributed by atoms with E-state index in [1.165, 1.54) is 12.1 Å². The van der Waals surface area contributed by atoms with Gasteiger partial charge in [-0.05, 0) is 35.7 Å². The number of hydrogen-bond donors (Lipinski definition) is 1. The van der Waals surface area contributed by atoms with Crippen LogP contribution in [0.1, 0.15) is 12.5 Å². The molecule has 0 aliphatic rings. The highest BCUT2D eigenvalue weighted by atomic mass is 19.1. The lowest BCUT2D eigenvalue weighted by Crippen LogP contribution is -2.01. The van der Waals surface area contributed by atoms with Crippen LogP contribution in [0.5, 0.6) is 0 Å². The van der Waals surface area contributed by atoms with Crippen LogP contribution in [-0.4, -0.2) is 5.71 Å². The maximum absolute atomic E-state index is 13.6. The van der Waals surface area contributed by atoms with Gasteiger partial charge in [0, 0.05) is 6.07 Å². The summed E-state index contributed by atoms with van der Waals surface area (Å²) in [6.07, 6.45) is 0. The van der Waals surface area contributed by atoms with Crippen LogP contribution in [0.2, 0.25) is 0 Å². The Morgan fingerprint density at radius 1 is 0.833 bits per heavy atom. The fraction of sp³-hybridized carbons (Fsp3) is 0.0500. The predicted octanol–water partition coefficient (Wildman–Crippen LogP) is 5.47. The van der Waals surface area contributed by atoms with E-state index in [4.69, 9.17) is 0 Å². The van der Waals surface area contributed by atoms with Crippen molar-refractivity contribution in [2.45, 2.75) is 6.92 Å². The van der Waals surface area contributed by atoms with Gasteiger partial charge in [-0.2, -0.15) is 5.10 Å². The molecule has 0 atom stereocenters. The van der Waals surface area contributed by atoms with Crippen molar-refractivity contribution in [3.63, 3.8) is 0 Å². The monoisotopic (exact) mass is 322 g/mol. The minimum Gasteiger partial charge on any atom is -0.275 e. The second kappa shape index (κ2) is 7.04. The van der Waals surface area contributed by atoms with Crippen molar-refractivity contribution in [2.75, 3.05) is 5.43 Å². The first-order valence-corrected chi connectivity index (χ1v) is 7.55. The number of anilines is 1. The molecule has 0 aliphatic carbocycles. The molecule has 0 heterocycles. The van der Waals surface area contributed by atoms with Crippen molar-refractivity contribution < 1.29 is 8.78 Å². The molecule has 0 fully saturated rings. The molecule has 3 rings (SSSR count). The SMILES string of the molecule is CC(=NNc1ccc(F)cc1F)c1ccc(-c2ccccc2)cc1. The van der Waals surface area contributed by atoms with Crippen LogP contribution in [0, 0.1) is 11.6 Å². The standard InChI is InChI=1S/C20H16F2N2/c1-14(23-24-20-12-11-18(21)13-19(20)22)15-7-9-17(10-8-15)16-5-3-2-4-6-16/h2-13,24H,1H3. The van der Waals surface area contributed by atoms with Gasteiger partial charge in [0.15, 0.2) is 5.82 Å². The number of nitrogens with one attached hydrogen (secondary N) is 1. The van der Waals surface area contributed by atoms with E-state index in [1.54, 1.807) is 0 Å². The number of benzene rings is 3. The third kappa shape index (κ3) is 3.66. The van der Waals surface area contributed by atoms with Gasteiger partial charge < -0.3 is 0 Å². The molecule has 4 heteroatoms. The summed E-state index contributed by atoms with van der Waals surface area (Å²) in [5.41, 5.74) is 6.65. The van der Waals surface area contributed by atoms with Crippen molar-refractivity contribution >= 4 is 11.4 Å². The molecule has 0 bridgehead atoms. The van der Waals surface area contributed by atoms with E-state index in [9.17, 15) is 8.78 Å². The van der Waals surface area contributed by atoms with Crippen molar-refractivity contribution in [3.8, 4) is 11.1 Å². The summed E-state index contributed by atoms with van der Waals surface area (Å²) in [6, 6.07) is 21.4. The Morgan fingerprint density at radius 3 is 2.17 bits per heavy atom. The van der Waals surface area contributed by atoms with Gasteiger partial charge >= 0.3 is 0 Å². The minimum absolute atomic E-state index is 0.136. The Bertz CT molecular complexity index is 857. The molecule has 24 heavy (non-hydrogen) atoms. The van der Waals surface area contributed by atoms with Gasteiger partial charge in [0.1, 0.15) is 5.82 Å². The first-order chi connectivity index (χ1) is 11.6. The van der Waals surface area contributed by atoms with Crippen LogP contribution in [0.25, 0.3) is 11.1 Å². The molecular formula is C20H16F2N2. The molecule has 0 saturated heterocycles. The number of halogens is 2. The van der Waals surface area contributed by atoms with E-state index >= 15 is 0 Å². The molecule has 3 aromatic carbocycles. The zero-order valence-electron chi connectivity index (χ0n) is 13.1. The molecule has 0 spiro atoms. The predicted molar refractivity (Wildman–Crippen MR) is 94.1 cm³/mol. The summed E-state index contributed by atoms with van der Waals surface area (Å²) >= 11 is 0. The Labute approximate surface area is 139 Å². The fourth-order valence-electron chi connectivity index (χ4n) is 2.32. The van der Waals surface area contributed by atoms with E-state index in [1.807, 2.05) is 49.4 Å². The summed E-state index contributed by atoms with van der Waals surface area (Å²) < 4.78 is 26.5. The third-order valence-electron chi connectivity index (χ3n) is 3.68.